The first-order valence-corrected chi connectivity index (χ1v) is 4.39. The van der Waals surface area contributed by atoms with E-state index in [1.54, 1.807) is 6.07 Å². The Balaban J connectivity index is 2.82. The average Bonchev–Trinajstić information content (AvgIpc) is 2.49. The second-order valence-electron chi connectivity index (χ2n) is 3.40. The molecule has 0 bridgehead atoms. The van der Waals surface area contributed by atoms with Crippen LogP contribution in [0.2, 0.25) is 0 Å². The third-order valence-corrected chi connectivity index (χ3v) is 2.57. The summed E-state index contributed by atoms with van der Waals surface area (Å²) in [7, 11) is 1.95. The molecule has 0 aliphatic heterocycles. The zero-order valence-electron chi connectivity index (χ0n) is 8.11. The molecule has 0 fully saturated rings. The summed E-state index contributed by atoms with van der Waals surface area (Å²) in [4.78, 5) is 10.9. The standard InChI is InChI=1S/C11H11NO2/c1-7-8-5-6-12(2)10(8)4-3-9(7)11(13)14/h3-6H,1-2H3,(H,13,14). The summed E-state index contributed by atoms with van der Waals surface area (Å²) >= 11 is 0. The summed E-state index contributed by atoms with van der Waals surface area (Å²) in [5.41, 5.74) is 2.27. The van der Waals surface area contributed by atoms with E-state index in [1.165, 1.54) is 0 Å². The molecule has 1 N–H and O–H groups in total. The first kappa shape index (κ1) is 8.81. The van der Waals surface area contributed by atoms with Gasteiger partial charge in [0.05, 0.1) is 5.56 Å². The van der Waals surface area contributed by atoms with E-state index >= 15 is 0 Å². The van der Waals surface area contributed by atoms with Crippen molar-refractivity contribution in [2.45, 2.75) is 6.92 Å². The molecule has 0 radical (unpaired) electrons. The molecular formula is C11H11NO2. The maximum absolute atomic E-state index is 10.9. The third-order valence-electron chi connectivity index (χ3n) is 2.57. The van der Waals surface area contributed by atoms with Gasteiger partial charge in [-0.15, -0.1) is 0 Å². The highest BCUT2D eigenvalue weighted by molar-refractivity contribution is 5.96. The van der Waals surface area contributed by atoms with Crippen LogP contribution in [-0.2, 0) is 7.05 Å². The van der Waals surface area contributed by atoms with Gasteiger partial charge in [-0.25, -0.2) is 4.79 Å². The number of carboxylic acid groups (broad SMARTS) is 1. The largest absolute Gasteiger partial charge is 0.478 e. The Kier molecular flexibility index (Phi) is 1.81. The minimum absolute atomic E-state index is 0.378. The maximum Gasteiger partial charge on any atom is 0.335 e. The van der Waals surface area contributed by atoms with Crippen LogP contribution >= 0.6 is 0 Å². The van der Waals surface area contributed by atoms with E-state index in [2.05, 4.69) is 0 Å². The zero-order chi connectivity index (χ0) is 10.3. The lowest BCUT2D eigenvalue weighted by Crippen LogP contribution is -1.99. The lowest BCUT2D eigenvalue weighted by atomic mass is 10.0. The molecule has 14 heavy (non-hydrogen) atoms. The van der Waals surface area contributed by atoms with Gasteiger partial charge in [-0.1, -0.05) is 0 Å². The fraction of sp³-hybridized carbons (Fsp3) is 0.182. The van der Waals surface area contributed by atoms with Crippen LogP contribution in [0.25, 0.3) is 10.9 Å². The molecule has 3 heteroatoms. The summed E-state index contributed by atoms with van der Waals surface area (Å²) in [6.45, 7) is 1.84. The predicted octanol–water partition coefficient (Wildman–Crippen LogP) is 2.18. The van der Waals surface area contributed by atoms with Gasteiger partial charge < -0.3 is 9.67 Å². The highest BCUT2D eigenvalue weighted by Gasteiger charge is 2.10. The topological polar surface area (TPSA) is 42.2 Å². The highest BCUT2D eigenvalue weighted by Crippen LogP contribution is 2.22. The van der Waals surface area contributed by atoms with E-state index in [-0.39, 0.29) is 0 Å². The van der Waals surface area contributed by atoms with E-state index in [0.717, 1.165) is 16.5 Å². The molecule has 2 rings (SSSR count). The van der Waals surface area contributed by atoms with E-state index in [1.807, 2.05) is 36.9 Å². The summed E-state index contributed by atoms with van der Waals surface area (Å²) in [6, 6.07) is 5.43. The zero-order valence-corrected chi connectivity index (χ0v) is 8.11. The smallest absolute Gasteiger partial charge is 0.335 e. The van der Waals surface area contributed by atoms with Crippen molar-refractivity contribution in [1.29, 1.82) is 0 Å². The Morgan fingerprint density at radius 1 is 1.36 bits per heavy atom. The van der Waals surface area contributed by atoms with Crippen molar-refractivity contribution >= 4 is 16.9 Å². The molecule has 0 aliphatic carbocycles. The number of carbonyl (C=O) groups is 1. The molecule has 72 valence electrons. The van der Waals surface area contributed by atoms with Gasteiger partial charge in [-0.2, -0.15) is 0 Å². The van der Waals surface area contributed by atoms with Crippen LogP contribution in [0, 0.1) is 6.92 Å². The fourth-order valence-electron chi connectivity index (χ4n) is 1.73. The van der Waals surface area contributed by atoms with E-state index in [0.29, 0.717) is 5.56 Å². The molecule has 0 atom stereocenters. The molecule has 0 aliphatic rings. The van der Waals surface area contributed by atoms with Crippen molar-refractivity contribution in [2.75, 3.05) is 0 Å². The van der Waals surface area contributed by atoms with Gasteiger partial charge >= 0.3 is 5.97 Å². The number of aromatic carboxylic acids is 1. The van der Waals surface area contributed by atoms with Crippen molar-refractivity contribution in [3.05, 3.63) is 35.5 Å². The molecule has 0 spiro atoms. The van der Waals surface area contributed by atoms with Crippen LogP contribution < -0.4 is 0 Å². The number of hydrogen-bond acceptors (Lipinski definition) is 1. The van der Waals surface area contributed by atoms with Crippen molar-refractivity contribution in [2.24, 2.45) is 7.05 Å². The van der Waals surface area contributed by atoms with Gasteiger partial charge in [-0.05, 0) is 30.7 Å². The number of aryl methyl sites for hydroxylation is 2. The number of benzene rings is 1. The van der Waals surface area contributed by atoms with Crippen LogP contribution in [0.1, 0.15) is 15.9 Å². The molecule has 1 heterocycles. The lowest BCUT2D eigenvalue weighted by molar-refractivity contribution is 0.0696. The molecule has 0 saturated heterocycles. The van der Waals surface area contributed by atoms with Crippen LogP contribution in [0.3, 0.4) is 0 Å². The Morgan fingerprint density at radius 3 is 2.71 bits per heavy atom. The molecule has 3 nitrogen and oxygen atoms in total. The van der Waals surface area contributed by atoms with E-state index in [9.17, 15) is 4.79 Å². The Morgan fingerprint density at radius 2 is 2.07 bits per heavy atom. The molecule has 0 unspecified atom stereocenters. The molecule has 2 aromatic rings. The van der Waals surface area contributed by atoms with Crippen LogP contribution in [-0.4, -0.2) is 15.6 Å². The van der Waals surface area contributed by atoms with Crippen LogP contribution in [0.15, 0.2) is 24.4 Å². The highest BCUT2D eigenvalue weighted by atomic mass is 16.4. The summed E-state index contributed by atoms with van der Waals surface area (Å²) in [5, 5.41) is 9.93. The number of aromatic nitrogens is 1. The summed E-state index contributed by atoms with van der Waals surface area (Å²) < 4.78 is 1.98. The molecular weight excluding hydrogens is 178 g/mol. The summed E-state index contributed by atoms with van der Waals surface area (Å²) in [6.07, 6.45) is 1.93. The van der Waals surface area contributed by atoms with Crippen molar-refractivity contribution < 1.29 is 9.90 Å². The Bertz CT molecular complexity index is 511. The predicted molar refractivity (Wildman–Crippen MR) is 54.6 cm³/mol. The fourth-order valence-corrected chi connectivity index (χ4v) is 1.73. The van der Waals surface area contributed by atoms with Crippen molar-refractivity contribution in [1.82, 2.24) is 4.57 Å². The monoisotopic (exact) mass is 189 g/mol. The van der Waals surface area contributed by atoms with Gasteiger partial charge in [-0.3, -0.25) is 0 Å². The molecule has 1 aromatic carbocycles. The third kappa shape index (κ3) is 1.09. The van der Waals surface area contributed by atoms with Gasteiger partial charge in [0.25, 0.3) is 0 Å². The Labute approximate surface area is 81.6 Å². The first-order valence-electron chi connectivity index (χ1n) is 4.39. The van der Waals surface area contributed by atoms with Gasteiger partial charge in [0.1, 0.15) is 0 Å². The Hall–Kier alpha value is -1.77. The molecule has 0 amide bonds. The van der Waals surface area contributed by atoms with Gasteiger partial charge in [0.15, 0.2) is 0 Å². The SMILES string of the molecule is Cc1c(C(=O)O)ccc2c1ccn2C. The number of fused-ring (bicyclic) bond motifs is 1. The van der Waals surface area contributed by atoms with Crippen molar-refractivity contribution in [3.63, 3.8) is 0 Å². The minimum atomic E-state index is -0.867. The molecule has 0 saturated carbocycles. The van der Waals surface area contributed by atoms with E-state index < -0.39 is 5.97 Å². The number of rotatable bonds is 1. The maximum atomic E-state index is 10.9. The number of nitrogens with zero attached hydrogens (tertiary/aromatic N) is 1. The normalized spacial score (nSPS) is 10.7. The van der Waals surface area contributed by atoms with Crippen molar-refractivity contribution in [3.8, 4) is 0 Å². The second-order valence-corrected chi connectivity index (χ2v) is 3.40. The van der Waals surface area contributed by atoms with Crippen LogP contribution in [0.4, 0.5) is 0 Å². The number of hydrogen-bond donors (Lipinski definition) is 1. The average molecular weight is 189 g/mol. The summed E-state index contributed by atoms with van der Waals surface area (Å²) in [5.74, 6) is -0.867. The number of carboxylic acids is 1. The second kappa shape index (κ2) is 2.87. The van der Waals surface area contributed by atoms with E-state index in [4.69, 9.17) is 5.11 Å². The van der Waals surface area contributed by atoms with Gasteiger partial charge in [0, 0.05) is 24.1 Å². The lowest BCUT2D eigenvalue weighted by Gasteiger charge is -2.03. The first-order chi connectivity index (χ1) is 6.61. The van der Waals surface area contributed by atoms with Crippen LogP contribution in [0.5, 0.6) is 0 Å². The minimum Gasteiger partial charge on any atom is -0.478 e. The van der Waals surface area contributed by atoms with Gasteiger partial charge in [0.2, 0.25) is 0 Å². The quantitative estimate of drug-likeness (QED) is 0.747. The molecule has 1 aromatic heterocycles.